The van der Waals surface area contributed by atoms with Crippen LogP contribution in [0.2, 0.25) is 0 Å². The number of aromatic nitrogens is 1. The first-order valence-electron chi connectivity index (χ1n) is 6.15. The molecule has 0 radical (unpaired) electrons. The molecule has 0 bridgehead atoms. The second-order valence-electron chi connectivity index (χ2n) is 4.64. The van der Waals surface area contributed by atoms with Crippen molar-refractivity contribution in [3.05, 3.63) is 22.4 Å². The van der Waals surface area contributed by atoms with E-state index in [0.717, 1.165) is 28.7 Å². The van der Waals surface area contributed by atoms with Gasteiger partial charge in [-0.25, -0.2) is 4.98 Å². The molecule has 1 aromatic rings. The lowest BCUT2D eigenvalue weighted by Gasteiger charge is -2.20. The van der Waals surface area contributed by atoms with Crippen LogP contribution < -0.4 is 5.32 Å². The first-order valence-corrected chi connectivity index (χ1v) is 8.09. The molecule has 1 saturated heterocycles. The minimum atomic E-state index is 0.107. The summed E-state index contributed by atoms with van der Waals surface area (Å²) in [5.41, 5.74) is 1.81. The fraction of sp³-hybridized carbons (Fsp3) is 0.538. The lowest BCUT2D eigenvalue weighted by molar-refractivity contribution is -0.117. The zero-order valence-electron chi connectivity index (χ0n) is 10.4. The van der Waals surface area contributed by atoms with E-state index in [-0.39, 0.29) is 5.91 Å². The third kappa shape index (κ3) is 3.99. The zero-order valence-corrected chi connectivity index (χ0v) is 12.8. The average molecular weight is 329 g/mol. The molecular formula is C13H17BrN2OS. The fourth-order valence-electron chi connectivity index (χ4n) is 2.05. The predicted octanol–water partition coefficient (Wildman–Crippen LogP) is 3.62. The van der Waals surface area contributed by atoms with Gasteiger partial charge in [0, 0.05) is 6.42 Å². The summed E-state index contributed by atoms with van der Waals surface area (Å²) in [7, 11) is 0. The van der Waals surface area contributed by atoms with E-state index in [1.165, 1.54) is 11.5 Å². The lowest BCUT2D eigenvalue weighted by Crippen LogP contribution is -2.19. The maximum absolute atomic E-state index is 11.9. The first kappa shape index (κ1) is 13.9. The molecule has 1 amide bonds. The van der Waals surface area contributed by atoms with E-state index in [9.17, 15) is 4.79 Å². The molecule has 18 heavy (non-hydrogen) atoms. The van der Waals surface area contributed by atoms with E-state index >= 15 is 0 Å². The molecule has 1 aromatic heterocycles. The molecule has 0 aromatic carbocycles. The van der Waals surface area contributed by atoms with Gasteiger partial charge in [-0.05, 0) is 64.7 Å². The van der Waals surface area contributed by atoms with E-state index < -0.39 is 0 Å². The van der Waals surface area contributed by atoms with Crippen molar-refractivity contribution in [2.75, 3.05) is 16.8 Å². The predicted molar refractivity (Wildman–Crippen MR) is 80.0 cm³/mol. The molecule has 0 atom stereocenters. The Hall–Kier alpha value is -0.550. The van der Waals surface area contributed by atoms with Crippen LogP contribution in [0.25, 0.3) is 0 Å². The topological polar surface area (TPSA) is 42.0 Å². The SMILES string of the molecule is Cc1cc(NC(=O)CC2CCSCC2)cnc1Br. The number of pyridine rings is 1. The summed E-state index contributed by atoms with van der Waals surface area (Å²) in [6.45, 7) is 1.96. The standard InChI is InChI=1S/C13H17BrN2OS/c1-9-6-11(8-15-13(9)14)16-12(17)7-10-2-4-18-5-3-10/h6,8,10H,2-5,7H2,1H3,(H,16,17). The van der Waals surface area contributed by atoms with Crippen LogP contribution in [0.15, 0.2) is 16.9 Å². The molecule has 1 aliphatic heterocycles. The molecule has 2 heterocycles. The van der Waals surface area contributed by atoms with Gasteiger partial charge in [-0.15, -0.1) is 0 Å². The van der Waals surface area contributed by atoms with Gasteiger partial charge in [-0.3, -0.25) is 4.79 Å². The number of aryl methyl sites for hydroxylation is 1. The van der Waals surface area contributed by atoms with Gasteiger partial charge in [-0.2, -0.15) is 11.8 Å². The molecule has 1 N–H and O–H groups in total. The van der Waals surface area contributed by atoms with Crippen LogP contribution in [0.4, 0.5) is 5.69 Å². The smallest absolute Gasteiger partial charge is 0.224 e. The van der Waals surface area contributed by atoms with Gasteiger partial charge in [0.15, 0.2) is 0 Å². The molecule has 0 spiro atoms. The molecule has 1 aliphatic rings. The summed E-state index contributed by atoms with van der Waals surface area (Å²) in [6, 6.07) is 1.94. The number of hydrogen-bond acceptors (Lipinski definition) is 3. The normalized spacial score (nSPS) is 16.6. The number of anilines is 1. The molecule has 1 fully saturated rings. The Morgan fingerprint density at radius 2 is 2.28 bits per heavy atom. The molecule has 0 unspecified atom stereocenters. The van der Waals surface area contributed by atoms with Crippen molar-refractivity contribution in [2.24, 2.45) is 5.92 Å². The Balaban J connectivity index is 1.88. The Morgan fingerprint density at radius 1 is 1.56 bits per heavy atom. The average Bonchev–Trinajstić information content (AvgIpc) is 2.35. The highest BCUT2D eigenvalue weighted by molar-refractivity contribution is 9.10. The maximum Gasteiger partial charge on any atom is 0.224 e. The fourth-order valence-corrected chi connectivity index (χ4v) is 3.47. The summed E-state index contributed by atoms with van der Waals surface area (Å²) in [5, 5.41) is 2.93. The number of nitrogens with one attached hydrogen (secondary N) is 1. The number of nitrogens with zero attached hydrogens (tertiary/aromatic N) is 1. The Morgan fingerprint density at radius 3 is 2.94 bits per heavy atom. The highest BCUT2D eigenvalue weighted by atomic mass is 79.9. The Labute approximate surface area is 120 Å². The van der Waals surface area contributed by atoms with Crippen molar-refractivity contribution in [3.63, 3.8) is 0 Å². The highest BCUT2D eigenvalue weighted by Crippen LogP contribution is 2.25. The van der Waals surface area contributed by atoms with Crippen molar-refractivity contribution >= 4 is 39.3 Å². The number of thioether (sulfide) groups is 1. The summed E-state index contributed by atoms with van der Waals surface area (Å²) in [6.07, 6.45) is 4.65. The number of carbonyl (C=O) groups is 1. The van der Waals surface area contributed by atoms with Crippen LogP contribution in [-0.2, 0) is 4.79 Å². The van der Waals surface area contributed by atoms with Crippen molar-refractivity contribution in [1.29, 1.82) is 0 Å². The van der Waals surface area contributed by atoms with Crippen LogP contribution in [0.1, 0.15) is 24.8 Å². The third-order valence-electron chi connectivity index (χ3n) is 3.11. The molecule has 98 valence electrons. The Kier molecular flexibility index (Phi) is 5.06. The summed E-state index contributed by atoms with van der Waals surface area (Å²) >= 11 is 5.34. The largest absolute Gasteiger partial charge is 0.325 e. The second kappa shape index (κ2) is 6.57. The molecule has 2 rings (SSSR count). The van der Waals surface area contributed by atoms with Crippen molar-refractivity contribution in [1.82, 2.24) is 4.98 Å². The molecule has 0 saturated carbocycles. The van der Waals surface area contributed by atoms with Gasteiger partial charge in [0.1, 0.15) is 4.60 Å². The number of amides is 1. The summed E-state index contributed by atoms with van der Waals surface area (Å²) < 4.78 is 0.824. The minimum absolute atomic E-state index is 0.107. The molecule has 3 nitrogen and oxygen atoms in total. The number of carbonyl (C=O) groups excluding carboxylic acids is 1. The van der Waals surface area contributed by atoms with Gasteiger partial charge < -0.3 is 5.32 Å². The maximum atomic E-state index is 11.9. The third-order valence-corrected chi connectivity index (χ3v) is 4.99. The van der Waals surface area contributed by atoms with Gasteiger partial charge in [0.25, 0.3) is 0 Å². The van der Waals surface area contributed by atoms with Crippen LogP contribution >= 0.6 is 27.7 Å². The van der Waals surface area contributed by atoms with Gasteiger partial charge >= 0.3 is 0 Å². The van der Waals surface area contributed by atoms with Gasteiger partial charge in [0.2, 0.25) is 5.91 Å². The summed E-state index contributed by atoms with van der Waals surface area (Å²) in [5.74, 6) is 3.04. The molecule has 5 heteroatoms. The van der Waals surface area contributed by atoms with Crippen molar-refractivity contribution < 1.29 is 4.79 Å². The zero-order chi connectivity index (χ0) is 13.0. The van der Waals surface area contributed by atoms with E-state index in [4.69, 9.17) is 0 Å². The van der Waals surface area contributed by atoms with Crippen LogP contribution in [0, 0.1) is 12.8 Å². The minimum Gasteiger partial charge on any atom is -0.325 e. The van der Waals surface area contributed by atoms with Gasteiger partial charge in [0.05, 0.1) is 11.9 Å². The van der Waals surface area contributed by atoms with E-state index in [1.54, 1.807) is 6.20 Å². The first-order chi connectivity index (χ1) is 8.65. The monoisotopic (exact) mass is 328 g/mol. The van der Waals surface area contributed by atoms with Crippen LogP contribution in [-0.4, -0.2) is 22.4 Å². The molecular weight excluding hydrogens is 312 g/mol. The lowest BCUT2D eigenvalue weighted by atomic mass is 9.98. The van der Waals surface area contributed by atoms with Crippen LogP contribution in [0.5, 0.6) is 0 Å². The Bertz CT molecular complexity index is 433. The van der Waals surface area contributed by atoms with E-state index in [2.05, 4.69) is 26.2 Å². The number of hydrogen-bond donors (Lipinski definition) is 1. The number of halogens is 1. The van der Waals surface area contributed by atoms with Crippen molar-refractivity contribution in [3.8, 4) is 0 Å². The quantitative estimate of drug-likeness (QED) is 0.861. The van der Waals surface area contributed by atoms with Crippen LogP contribution in [0.3, 0.4) is 0 Å². The van der Waals surface area contributed by atoms with E-state index in [1.807, 2.05) is 24.8 Å². The van der Waals surface area contributed by atoms with Crippen molar-refractivity contribution in [2.45, 2.75) is 26.2 Å². The second-order valence-corrected chi connectivity index (χ2v) is 6.62. The summed E-state index contributed by atoms with van der Waals surface area (Å²) in [4.78, 5) is 16.1. The number of rotatable bonds is 3. The molecule has 0 aliphatic carbocycles. The highest BCUT2D eigenvalue weighted by Gasteiger charge is 2.17. The van der Waals surface area contributed by atoms with E-state index in [0.29, 0.717) is 12.3 Å². The van der Waals surface area contributed by atoms with Gasteiger partial charge in [-0.1, -0.05) is 0 Å².